The third-order valence-electron chi connectivity index (χ3n) is 2.82. The van der Waals surface area contributed by atoms with Crippen LogP contribution in [0.3, 0.4) is 0 Å². The molecule has 1 aromatic carbocycles. The Morgan fingerprint density at radius 1 is 1.05 bits per heavy atom. The second-order valence-corrected chi connectivity index (χ2v) is 10.6. The number of nitrogens with zero attached hydrogens (tertiary/aromatic N) is 3. The van der Waals surface area contributed by atoms with Gasteiger partial charge in [-0.2, -0.15) is 0 Å². The Labute approximate surface area is 116 Å². The highest BCUT2D eigenvalue weighted by Gasteiger charge is 2.08. The van der Waals surface area contributed by atoms with Crippen LogP contribution in [0.5, 0.6) is 0 Å². The maximum atomic E-state index is 4.25. The lowest BCUT2D eigenvalue weighted by molar-refractivity contribution is 0.336. The SMILES string of the molecule is C[Si](C)(C)C#Cc1ccc(N=NN2CCCC2)cc1. The van der Waals surface area contributed by atoms with Gasteiger partial charge in [0.05, 0.1) is 5.69 Å². The first-order valence-electron chi connectivity index (χ1n) is 6.83. The second-order valence-electron chi connectivity index (χ2n) is 5.90. The molecule has 1 aliphatic rings. The molecule has 0 aliphatic carbocycles. The highest BCUT2D eigenvalue weighted by molar-refractivity contribution is 6.83. The first-order valence-corrected chi connectivity index (χ1v) is 10.3. The normalized spacial score (nSPS) is 15.6. The summed E-state index contributed by atoms with van der Waals surface area (Å²) in [5.74, 6) is 3.24. The van der Waals surface area contributed by atoms with Crippen LogP contribution in [0.25, 0.3) is 0 Å². The summed E-state index contributed by atoms with van der Waals surface area (Å²) in [5.41, 5.74) is 5.31. The van der Waals surface area contributed by atoms with E-state index >= 15 is 0 Å². The van der Waals surface area contributed by atoms with Gasteiger partial charge in [-0.05, 0) is 37.1 Å². The van der Waals surface area contributed by atoms with Crippen LogP contribution in [0, 0.1) is 11.5 Å². The van der Waals surface area contributed by atoms with Crippen molar-refractivity contribution in [1.82, 2.24) is 5.01 Å². The van der Waals surface area contributed by atoms with Crippen LogP contribution in [0.2, 0.25) is 19.6 Å². The summed E-state index contributed by atoms with van der Waals surface area (Å²) in [6.07, 6.45) is 2.45. The monoisotopic (exact) mass is 271 g/mol. The number of hydrogen-bond donors (Lipinski definition) is 0. The summed E-state index contributed by atoms with van der Waals surface area (Å²) in [6.45, 7) is 8.81. The molecule has 1 aromatic rings. The molecule has 1 saturated heterocycles. The molecule has 0 saturated carbocycles. The van der Waals surface area contributed by atoms with E-state index in [0.29, 0.717) is 0 Å². The molecular weight excluding hydrogens is 250 g/mol. The van der Waals surface area contributed by atoms with E-state index in [1.807, 2.05) is 29.3 Å². The van der Waals surface area contributed by atoms with E-state index in [0.717, 1.165) is 24.3 Å². The summed E-state index contributed by atoms with van der Waals surface area (Å²) >= 11 is 0. The fourth-order valence-corrected chi connectivity index (χ4v) is 2.30. The zero-order valence-corrected chi connectivity index (χ0v) is 13.0. The van der Waals surface area contributed by atoms with Crippen LogP contribution in [-0.4, -0.2) is 26.2 Å². The van der Waals surface area contributed by atoms with Crippen molar-refractivity contribution in [3.63, 3.8) is 0 Å². The molecule has 3 nitrogen and oxygen atoms in total. The molecule has 0 atom stereocenters. The zero-order valence-electron chi connectivity index (χ0n) is 12.0. The molecule has 0 bridgehead atoms. The van der Waals surface area contributed by atoms with Crippen LogP contribution < -0.4 is 0 Å². The lowest BCUT2D eigenvalue weighted by Gasteiger charge is -2.06. The summed E-state index contributed by atoms with van der Waals surface area (Å²) in [6, 6.07) is 8.00. The summed E-state index contributed by atoms with van der Waals surface area (Å²) in [5, 5.41) is 10.5. The van der Waals surface area contributed by atoms with Crippen LogP contribution in [0.4, 0.5) is 5.69 Å². The lowest BCUT2D eigenvalue weighted by Crippen LogP contribution is -2.16. The number of benzene rings is 1. The smallest absolute Gasteiger partial charge is 0.129 e. The minimum atomic E-state index is -1.30. The average Bonchev–Trinajstić information content (AvgIpc) is 2.87. The molecule has 0 radical (unpaired) electrons. The first-order chi connectivity index (χ1) is 9.03. The van der Waals surface area contributed by atoms with Gasteiger partial charge in [0.1, 0.15) is 8.07 Å². The first kappa shape index (κ1) is 13.8. The average molecular weight is 271 g/mol. The van der Waals surface area contributed by atoms with Crippen molar-refractivity contribution in [3.05, 3.63) is 29.8 Å². The Hall–Kier alpha value is -1.60. The van der Waals surface area contributed by atoms with Crippen molar-refractivity contribution < 1.29 is 0 Å². The van der Waals surface area contributed by atoms with Crippen molar-refractivity contribution in [3.8, 4) is 11.5 Å². The highest BCUT2D eigenvalue weighted by Crippen LogP contribution is 2.15. The van der Waals surface area contributed by atoms with Crippen molar-refractivity contribution in [2.45, 2.75) is 32.5 Å². The molecule has 19 heavy (non-hydrogen) atoms. The summed E-state index contributed by atoms with van der Waals surface area (Å²) in [7, 11) is -1.30. The summed E-state index contributed by atoms with van der Waals surface area (Å²) in [4.78, 5) is 0. The maximum Gasteiger partial charge on any atom is 0.129 e. The van der Waals surface area contributed by atoms with E-state index in [-0.39, 0.29) is 0 Å². The molecule has 1 heterocycles. The molecule has 2 rings (SSSR count). The minimum absolute atomic E-state index is 0.894. The van der Waals surface area contributed by atoms with Crippen molar-refractivity contribution in [2.75, 3.05) is 13.1 Å². The number of hydrogen-bond acceptors (Lipinski definition) is 2. The van der Waals surface area contributed by atoms with Crippen molar-refractivity contribution in [1.29, 1.82) is 0 Å². The molecular formula is C15H21N3Si. The molecule has 0 amide bonds. The predicted octanol–water partition coefficient (Wildman–Crippen LogP) is 4.01. The molecule has 0 aromatic heterocycles. The van der Waals surface area contributed by atoms with Gasteiger partial charge in [-0.1, -0.05) is 30.8 Å². The molecule has 0 spiro atoms. The minimum Gasteiger partial charge on any atom is -0.278 e. The zero-order chi connectivity index (χ0) is 13.7. The van der Waals surface area contributed by atoms with Crippen LogP contribution in [0.1, 0.15) is 18.4 Å². The standard InChI is InChI=1S/C15H21N3Si/c1-19(2,3)13-10-14-6-8-15(9-7-14)16-17-18-11-4-5-12-18/h6-9H,4-5,11-12H2,1-3H3. The van der Waals surface area contributed by atoms with Gasteiger partial charge in [-0.3, -0.25) is 5.01 Å². The van der Waals surface area contributed by atoms with Gasteiger partial charge in [-0.25, -0.2) is 0 Å². The summed E-state index contributed by atoms with van der Waals surface area (Å²) < 4.78 is 0. The predicted molar refractivity (Wildman–Crippen MR) is 82.0 cm³/mol. The van der Waals surface area contributed by atoms with E-state index in [4.69, 9.17) is 0 Å². The fourth-order valence-electron chi connectivity index (χ4n) is 1.78. The quantitative estimate of drug-likeness (QED) is 0.454. The molecule has 1 aliphatic heterocycles. The van der Waals surface area contributed by atoms with Crippen LogP contribution in [-0.2, 0) is 0 Å². The van der Waals surface area contributed by atoms with Gasteiger partial charge >= 0.3 is 0 Å². The van der Waals surface area contributed by atoms with E-state index < -0.39 is 8.07 Å². The topological polar surface area (TPSA) is 28.0 Å². The van der Waals surface area contributed by atoms with E-state index in [9.17, 15) is 0 Å². The molecule has 4 heteroatoms. The Kier molecular flexibility index (Phi) is 4.38. The Morgan fingerprint density at radius 3 is 2.26 bits per heavy atom. The Bertz CT molecular complexity index is 497. The highest BCUT2D eigenvalue weighted by atomic mass is 28.3. The van der Waals surface area contributed by atoms with Gasteiger partial charge in [0.2, 0.25) is 0 Å². The molecule has 100 valence electrons. The lowest BCUT2D eigenvalue weighted by atomic mass is 10.2. The third kappa shape index (κ3) is 4.88. The fraction of sp³-hybridized carbons (Fsp3) is 0.467. The van der Waals surface area contributed by atoms with E-state index in [1.54, 1.807) is 0 Å². The largest absolute Gasteiger partial charge is 0.278 e. The maximum absolute atomic E-state index is 4.25. The van der Waals surface area contributed by atoms with Crippen molar-refractivity contribution in [2.24, 2.45) is 10.3 Å². The van der Waals surface area contributed by atoms with Gasteiger partial charge in [-0.15, -0.1) is 10.7 Å². The second kappa shape index (κ2) is 6.03. The van der Waals surface area contributed by atoms with E-state index in [2.05, 4.69) is 41.4 Å². The third-order valence-corrected chi connectivity index (χ3v) is 3.69. The Morgan fingerprint density at radius 2 is 1.68 bits per heavy atom. The van der Waals surface area contributed by atoms with Crippen molar-refractivity contribution >= 4 is 13.8 Å². The molecule has 0 unspecified atom stereocenters. The van der Waals surface area contributed by atoms with Crippen LogP contribution >= 0.6 is 0 Å². The molecule has 0 N–H and O–H groups in total. The van der Waals surface area contributed by atoms with Gasteiger partial charge in [0.15, 0.2) is 0 Å². The Balaban J connectivity index is 1.99. The molecule has 1 fully saturated rings. The number of rotatable bonds is 2. The van der Waals surface area contributed by atoms with Gasteiger partial charge < -0.3 is 0 Å². The van der Waals surface area contributed by atoms with Crippen LogP contribution in [0.15, 0.2) is 34.6 Å². The van der Waals surface area contributed by atoms with Gasteiger partial charge in [0.25, 0.3) is 0 Å². The van der Waals surface area contributed by atoms with Gasteiger partial charge in [0, 0.05) is 18.7 Å². The van der Waals surface area contributed by atoms with E-state index in [1.165, 1.54) is 12.8 Å².